The van der Waals surface area contributed by atoms with Crippen molar-refractivity contribution in [1.82, 2.24) is 19.6 Å². The van der Waals surface area contributed by atoms with Crippen molar-refractivity contribution in [2.75, 3.05) is 26.2 Å². The van der Waals surface area contributed by atoms with Crippen molar-refractivity contribution < 1.29 is 14.3 Å². The molecule has 2 saturated heterocycles. The second-order valence-corrected chi connectivity index (χ2v) is 5.60. The summed E-state index contributed by atoms with van der Waals surface area (Å²) in [4.78, 5) is 27.8. The summed E-state index contributed by atoms with van der Waals surface area (Å²) in [7, 11) is 1.79. The number of piperidine rings is 1. The minimum Gasteiger partial charge on any atom is -0.374 e. The van der Waals surface area contributed by atoms with E-state index in [1.807, 2.05) is 4.90 Å². The Morgan fingerprint density at radius 1 is 1.38 bits per heavy atom. The first kappa shape index (κ1) is 14.1. The van der Waals surface area contributed by atoms with Crippen LogP contribution in [0.2, 0.25) is 0 Å². The zero-order valence-electron chi connectivity index (χ0n) is 12.4. The Morgan fingerprint density at radius 2 is 2.19 bits per heavy atom. The molecule has 7 heteroatoms. The van der Waals surface area contributed by atoms with Gasteiger partial charge in [-0.15, -0.1) is 0 Å². The fourth-order valence-corrected chi connectivity index (χ4v) is 3.14. The molecule has 0 unspecified atom stereocenters. The molecule has 3 rings (SSSR count). The number of morpholine rings is 1. The second-order valence-electron chi connectivity index (χ2n) is 5.60. The first-order chi connectivity index (χ1) is 10.1. The van der Waals surface area contributed by atoms with E-state index in [-0.39, 0.29) is 24.0 Å². The monoisotopic (exact) mass is 292 g/mol. The topological polar surface area (TPSA) is 67.7 Å². The van der Waals surface area contributed by atoms with Crippen LogP contribution < -0.4 is 0 Å². The molecule has 21 heavy (non-hydrogen) atoms. The van der Waals surface area contributed by atoms with Gasteiger partial charge in [0.25, 0.3) is 5.91 Å². The summed E-state index contributed by atoms with van der Waals surface area (Å²) in [6, 6.07) is 1.67. The molecule has 0 aromatic carbocycles. The number of likely N-dealkylation sites (tertiary alicyclic amines) is 1. The van der Waals surface area contributed by atoms with E-state index in [1.54, 1.807) is 35.8 Å². The van der Waals surface area contributed by atoms with Crippen LogP contribution in [0.4, 0.5) is 0 Å². The number of amides is 2. The van der Waals surface area contributed by atoms with E-state index in [2.05, 4.69) is 5.10 Å². The molecule has 0 aliphatic carbocycles. The third-order valence-electron chi connectivity index (χ3n) is 4.21. The number of rotatable bonds is 1. The van der Waals surface area contributed by atoms with Gasteiger partial charge in [0, 0.05) is 39.8 Å². The van der Waals surface area contributed by atoms with Gasteiger partial charge in [0.05, 0.1) is 18.8 Å². The number of carbonyl (C=O) groups is 2. The molecule has 3 heterocycles. The summed E-state index contributed by atoms with van der Waals surface area (Å²) in [5, 5.41) is 4.16. The number of fused-ring (bicyclic) bond motifs is 1. The maximum Gasteiger partial charge on any atom is 0.274 e. The predicted octanol–water partition coefficient (Wildman–Crippen LogP) is -0.118. The number of hydrogen-bond acceptors (Lipinski definition) is 4. The van der Waals surface area contributed by atoms with Crippen molar-refractivity contribution in [2.24, 2.45) is 7.05 Å². The molecule has 1 aromatic rings. The first-order valence-electron chi connectivity index (χ1n) is 7.24. The number of nitrogens with zero attached hydrogens (tertiary/aromatic N) is 4. The van der Waals surface area contributed by atoms with E-state index in [1.165, 1.54) is 0 Å². The predicted molar refractivity (Wildman–Crippen MR) is 74.6 cm³/mol. The summed E-state index contributed by atoms with van der Waals surface area (Å²) in [5.74, 6) is -0.0384. The average Bonchev–Trinajstić information content (AvgIpc) is 2.91. The van der Waals surface area contributed by atoms with E-state index in [0.717, 1.165) is 6.42 Å². The van der Waals surface area contributed by atoms with Crippen LogP contribution in [-0.2, 0) is 16.6 Å². The van der Waals surface area contributed by atoms with Crippen molar-refractivity contribution >= 4 is 11.8 Å². The third kappa shape index (κ3) is 2.65. The number of aryl methyl sites for hydroxylation is 1. The van der Waals surface area contributed by atoms with Crippen molar-refractivity contribution in [3.05, 3.63) is 18.0 Å². The van der Waals surface area contributed by atoms with Crippen LogP contribution in [0, 0.1) is 0 Å². The number of ether oxygens (including phenoxy) is 1. The van der Waals surface area contributed by atoms with E-state index in [4.69, 9.17) is 4.74 Å². The van der Waals surface area contributed by atoms with Gasteiger partial charge in [0.15, 0.2) is 0 Å². The Bertz CT molecular complexity index is 556. The number of carbonyl (C=O) groups excluding carboxylic acids is 2. The molecule has 2 aliphatic rings. The first-order valence-corrected chi connectivity index (χ1v) is 7.24. The molecule has 2 atom stereocenters. The molecule has 2 amide bonds. The molecule has 0 saturated carbocycles. The highest BCUT2D eigenvalue weighted by atomic mass is 16.5. The lowest BCUT2D eigenvalue weighted by atomic mass is 9.98. The summed E-state index contributed by atoms with van der Waals surface area (Å²) in [6.07, 6.45) is 2.55. The summed E-state index contributed by atoms with van der Waals surface area (Å²) < 4.78 is 7.37. The van der Waals surface area contributed by atoms with Gasteiger partial charge in [-0.1, -0.05) is 0 Å². The Labute approximate surface area is 123 Å². The van der Waals surface area contributed by atoms with Crippen molar-refractivity contribution in [2.45, 2.75) is 25.5 Å². The lowest BCUT2D eigenvalue weighted by Gasteiger charge is -2.46. The van der Waals surface area contributed by atoms with Crippen LogP contribution in [0.5, 0.6) is 0 Å². The molecule has 0 radical (unpaired) electrons. The van der Waals surface area contributed by atoms with Crippen molar-refractivity contribution in [3.63, 3.8) is 0 Å². The fraction of sp³-hybridized carbons (Fsp3) is 0.643. The minimum atomic E-state index is -0.0804. The molecule has 114 valence electrons. The highest BCUT2D eigenvalue weighted by molar-refractivity contribution is 5.92. The van der Waals surface area contributed by atoms with Crippen LogP contribution >= 0.6 is 0 Å². The van der Waals surface area contributed by atoms with Gasteiger partial charge in [-0.3, -0.25) is 14.3 Å². The van der Waals surface area contributed by atoms with E-state index >= 15 is 0 Å². The Hall–Kier alpha value is -1.89. The maximum absolute atomic E-state index is 12.5. The second kappa shape index (κ2) is 5.48. The summed E-state index contributed by atoms with van der Waals surface area (Å²) in [5.41, 5.74) is 0.446. The molecule has 2 aliphatic heterocycles. The van der Waals surface area contributed by atoms with Gasteiger partial charge in [0.2, 0.25) is 5.91 Å². The van der Waals surface area contributed by atoms with Gasteiger partial charge >= 0.3 is 0 Å². The lowest BCUT2D eigenvalue weighted by molar-refractivity contribution is -0.149. The summed E-state index contributed by atoms with van der Waals surface area (Å²) in [6.45, 7) is 3.90. The van der Waals surface area contributed by atoms with E-state index in [0.29, 0.717) is 31.9 Å². The minimum absolute atomic E-state index is 0.0374. The van der Waals surface area contributed by atoms with Crippen LogP contribution in [-0.4, -0.2) is 69.8 Å². The number of hydrogen-bond donors (Lipinski definition) is 0. The average molecular weight is 292 g/mol. The largest absolute Gasteiger partial charge is 0.374 e. The third-order valence-corrected chi connectivity index (χ3v) is 4.21. The molecule has 1 aromatic heterocycles. The summed E-state index contributed by atoms with van der Waals surface area (Å²) >= 11 is 0. The Kier molecular flexibility index (Phi) is 3.67. The van der Waals surface area contributed by atoms with Crippen molar-refractivity contribution in [3.8, 4) is 0 Å². The van der Waals surface area contributed by atoms with Crippen LogP contribution in [0.15, 0.2) is 12.3 Å². The maximum atomic E-state index is 12.5. The number of aromatic nitrogens is 2. The van der Waals surface area contributed by atoms with Crippen molar-refractivity contribution in [1.29, 1.82) is 0 Å². The van der Waals surface area contributed by atoms with Gasteiger partial charge < -0.3 is 14.5 Å². The zero-order valence-corrected chi connectivity index (χ0v) is 12.4. The van der Waals surface area contributed by atoms with Crippen LogP contribution in [0.25, 0.3) is 0 Å². The highest BCUT2D eigenvalue weighted by Crippen LogP contribution is 2.24. The Morgan fingerprint density at radius 3 is 2.86 bits per heavy atom. The Balaban J connectivity index is 1.74. The van der Waals surface area contributed by atoms with Crippen LogP contribution in [0.1, 0.15) is 23.8 Å². The van der Waals surface area contributed by atoms with E-state index < -0.39 is 0 Å². The van der Waals surface area contributed by atoms with Gasteiger partial charge in [-0.05, 0) is 12.5 Å². The van der Waals surface area contributed by atoms with Gasteiger partial charge in [-0.25, -0.2) is 0 Å². The zero-order chi connectivity index (χ0) is 15.0. The quantitative estimate of drug-likeness (QED) is 0.724. The van der Waals surface area contributed by atoms with Gasteiger partial charge in [-0.2, -0.15) is 5.10 Å². The molecule has 0 N–H and O–H groups in total. The SMILES string of the molecule is CC(=O)N1CCO[C@H]2CCN(C(=O)c3ccn(C)n3)C[C@H]21. The fourth-order valence-electron chi connectivity index (χ4n) is 3.14. The lowest BCUT2D eigenvalue weighted by Crippen LogP contribution is -2.61. The molecular weight excluding hydrogens is 272 g/mol. The standard InChI is InChI=1S/C14H20N4O3/c1-10(19)18-7-8-21-13-4-6-17(9-12(13)18)14(20)11-3-5-16(2)15-11/h3,5,12-13H,4,6-9H2,1-2H3/t12-,13+/m1/s1. The van der Waals surface area contributed by atoms with Crippen LogP contribution in [0.3, 0.4) is 0 Å². The molecular formula is C14H20N4O3. The normalized spacial score (nSPS) is 25.6. The molecule has 7 nitrogen and oxygen atoms in total. The molecule has 2 fully saturated rings. The van der Waals surface area contributed by atoms with E-state index in [9.17, 15) is 9.59 Å². The molecule has 0 bridgehead atoms. The smallest absolute Gasteiger partial charge is 0.274 e. The van der Waals surface area contributed by atoms with Gasteiger partial charge in [0.1, 0.15) is 5.69 Å². The highest BCUT2D eigenvalue weighted by Gasteiger charge is 2.39. The molecule has 0 spiro atoms.